The highest BCUT2D eigenvalue weighted by Gasteiger charge is 2.10. The van der Waals surface area contributed by atoms with E-state index in [1.165, 1.54) is 12.1 Å². The third-order valence-electron chi connectivity index (χ3n) is 2.05. The van der Waals surface area contributed by atoms with Crippen molar-refractivity contribution < 1.29 is 15.0 Å². The number of aliphatic hydroxyl groups excluding tert-OH is 1. The van der Waals surface area contributed by atoms with Crippen LogP contribution in [0.2, 0.25) is 0 Å². The van der Waals surface area contributed by atoms with Gasteiger partial charge in [0, 0.05) is 0 Å². The van der Waals surface area contributed by atoms with Crippen LogP contribution in [0.15, 0.2) is 12.1 Å². The first kappa shape index (κ1) is 10.2. The Hall–Kier alpha value is -1.86. The van der Waals surface area contributed by atoms with Crippen LogP contribution >= 0.6 is 0 Å². The summed E-state index contributed by atoms with van der Waals surface area (Å²) in [4.78, 5) is 10.7. The van der Waals surface area contributed by atoms with Gasteiger partial charge in [-0.3, -0.25) is 0 Å². The number of carboxylic acid groups (broad SMARTS) is 1. The maximum Gasteiger partial charge on any atom is 0.335 e. The molecule has 0 radical (unpaired) electrons. The lowest BCUT2D eigenvalue weighted by Gasteiger charge is -2.05. The van der Waals surface area contributed by atoms with Gasteiger partial charge < -0.3 is 10.2 Å². The van der Waals surface area contributed by atoms with Crippen molar-refractivity contribution in [1.29, 1.82) is 5.26 Å². The topological polar surface area (TPSA) is 81.3 Å². The minimum atomic E-state index is -1.10. The van der Waals surface area contributed by atoms with E-state index in [2.05, 4.69) is 0 Å². The van der Waals surface area contributed by atoms with Crippen LogP contribution in [0.4, 0.5) is 0 Å². The van der Waals surface area contributed by atoms with Gasteiger partial charge in [-0.15, -0.1) is 0 Å². The van der Waals surface area contributed by atoms with Gasteiger partial charge in [-0.25, -0.2) is 4.79 Å². The molecule has 0 spiro atoms. The number of rotatable bonds is 2. The Morgan fingerprint density at radius 1 is 1.57 bits per heavy atom. The second-order valence-electron chi connectivity index (χ2n) is 2.88. The normalized spacial score (nSPS) is 9.50. The first-order valence-electron chi connectivity index (χ1n) is 3.98. The number of carboxylic acids is 1. The van der Waals surface area contributed by atoms with E-state index in [4.69, 9.17) is 15.5 Å². The average Bonchev–Trinajstić information content (AvgIpc) is 2.17. The number of benzene rings is 1. The van der Waals surface area contributed by atoms with Gasteiger partial charge in [0.25, 0.3) is 0 Å². The van der Waals surface area contributed by atoms with Crippen molar-refractivity contribution in [3.05, 3.63) is 34.4 Å². The Morgan fingerprint density at radius 3 is 2.64 bits per heavy atom. The Morgan fingerprint density at radius 2 is 2.21 bits per heavy atom. The minimum Gasteiger partial charge on any atom is -0.478 e. The molecular formula is C10H9NO3. The molecular weight excluding hydrogens is 182 g/mol. The van der Waals surface area contributed by atoms with Crippen LogP contribution in [0.5, 0.6) is 0 Å². The molecule has 4 heteroatoms. The molecule has 1 aromatic rings. The van der Waals surface area contributed by atoms with E-state index in [1.807, 2.05) is 6.07 Å². The van der Waals surface area contributed by atoms with E-state index >= 15 is 0 Å². The van der Waals surface area contributed by atoms with Crippen LogP contribution in [0, 0.1) is 18.3 Å². The number of aromatic carboxylic acids is 1. The summed E-state index contributed by atoms with van der Waals surface area (Å²) in [6, 6.07) is 4.57. The predicted octanol–water partition coefficient (Wildman–Crippen LogP) is 1.06. The van der Waals surface area contributed by atoms with E-state index in [9.17, 15) is 4.79 Å². The fourth-order valence-corrected chi connectivity index (χ4v) is 1.18. The first-order valence-corrected chi connectivity index (χ1v) is 3.98. The highest BCUT2D eigenvalue weighted by molar-refractivity contribution is 5.88. The zero-order chi connectivity index (χ0) is 10.7. The third kappa shape index (κ3) is 1.73. The summed E-state index contributed by atoms with van der Waals surface area (Å²) in [5.41, 5.74) is 1.41. The molecule has 1 aromatic carbocycles. The van der Waals surface area contributed by atoms with Gasteiger partial charge in [-0.05, 0) is 30.2 Å². The van der Waals surface area contributed by atoms with Crippen molar-refractivity contribution in [2.45, 2.75) is 13.5 Å². The predicted molar refractivity (Wildman–Crippen MR) is 48.8 cm³/mol. The molecule has 0 unspecified atom stereocenters. The Bertz CT molecular complexity index is 418. The van der Waals surface area contributed by atoms with Crippen LogP contribution in [0.25, 0.3) is 0 Å². The molecule has 72 valence electrons. The molecule has 0 amide bonds. The molecule has 0 saturated heterocycles. The molecule has 1 rings (SSSR count). The highest BCUT2D eigenvalue weighted by Crippen LogP contribution is 2.16. The summed E-state index contributed by atoms with van der Waals surface area (Å²) < 4.78 is 0. The van der Waals surface area contributed by atoms with Gasteiger partial charge in [-0.1, -0.05) is 0 Å². The van der Waals surface area contributed by atoms with Gasteiger partial charge >= 0.3 is 5.97 Å². The van der Waals surface area contributed by atoms with E-state index in [1.54, 1.807) is 6.92 Å². The number of carbonyl (C=O) groups is 1. The number of nitriles is 1. The van der Waals surface area contributed by atoms with Crippen molar-refractivity contribution in [2.75, 3.05) is 0 Å². The van der Waals surface area contributed by atoms with Crippen molar-refractivity contribution in [3.63, 3.8) is 0 Å². The van der Waals surface area contributed by atoms with Crippen LogP contribution < -0.4 is 0 Å². The standard InChI is InChI=1S/C10H9NO3/c1-6-8(4-11)2-7(10(13)14)3-9(6)5-12/h2-3,12H,5H2,1H3,(H,13,14). The van der Waals surface area contributed by atoms with Crippen molar-refractivity contribution in [1.82, 2.24) is 0 Å². The Labute approximate surface area is 81.0 Å². The van der Waals surface area contributed by atoms with Gasteiger partial charge in [0.05, 0.1) is 23.8 Å². The molecule has 0 atom stereocenters. The summed E-state index contributed by atoms with van der Waals surface area (Å²) in [6.45, 7) is 1.41. The largest absolute Gasteiger partial charge is 0.478 e. The maximum atomic E-state index is 10.7. The monoisotopic (exact) mass is 191 g/mol. The third-order valence-corrected chi connectivity index (χ3v) is 2.05. The molecule has 14 heavy (non-hydrogen) atoms. The van der Waals surface area contributed by atoms with Crippen LogP contribution in [0.1, 0.15) is 27.0 Å². The summed E-state index contributed by atoms with van der Waals surface area (Å²) in [7, 11) is 0. The lowest BCUT2D eigenvalue weighted by atomic mass is 10.00. The smallest absolute Gasteiger partial charge is 0.335 e. The summed E-state index contributed by atoms with van der Waals surface area (Å²) >= 11 is 0. The van der Waals surface area contributed by atoms with Crippen LogP contribution in [-0.2, 0) is 6.61 Å². The summed E-state index contributed by atoms with van der Waals surface area (Å²) in [6.07, 6.45) is 0. The fraction of sp³-hybridized carbons (Fsp3) is 0.200. The number of hydrogen-bond donors (Lipinski definition) is 2. The molecule has 2 N–H and O–H groups in total. The lowest BCUT2D eigenvalue weighted by Crippen LogP contribution is -2.01. The van der Waals surface area contributed by atoms with Gasteiger partial charge in [0.15, 0.2) is 0 Å². The van der Waals surface area contributed by atoms with Crippen LogP contribution in [0.3, 0.4) is 0 Å². The number of aliphatic hydroxyl groups is 1. The molecule has 0 saturated carbocycles. The maximum absolute atomic E-state index is 10.7. The summed E-state index contributed by atoms with van der Waals surface area (Å²) in [5.74, 6) is -1.10. The lowest BCUT2D eigenvalue weighted by molar-refractivity contribution is 0.0696. The number of hydrogen-bond acceptors (Lipinski definition) is 3. The van der Waals surface area contributed by atoms with Crippen molar-refractivity contribution in [2.24, 2.45) is 0 Å². The average molecular weight is 191 g/mol. The quantitative estimate of drug-likeness (QED) is 0.732. The molecule has 0 aromatic heterocycles. The molecule has 0 aliphatic heterocycles. The fourth-order valence-electron chi connectivity index (χ4n) is 1.18. The van der Waals surface area contributed by atoms with E-state index in [-0.39, 0.29) is 17.7 Å². The molecule has 4 nitrogen and oxygen atoms in total. The number of nitrogens with zero attached hydrogens (tertiary/aromatic N) is 1. The van der Waals surface area contributed by atoms with Gasteiger partial charge in [-0.2, -0.15) is 5.26 Å². The zero-order valence-corrected chi connectivity index (χ0v) is 7.61. The second-order valence-corrected chi connectivity index (χ2v) is 2.88. The van der Waals surface area contributed by atoms with Crippen molar-refractivity contribution >= 4 is 5.97 Å². The minimum absolute atomic E-state index is 0.0243. The molecule has 0 bridgehead atoms. The first-order chi connectivity index (χ1) is 6.60. The summed E-state index contributed by atoms with van der Waals surface area (Å²) in [5, 5.41) is 26.4. The second kappa shape index (κ2) is 3.90. The van der Waals surface area contributed by atoms with E-state index < -0.39 is 5.97 Å². The van der Waals surface area contributed by atoms with Gasteiger partial charge in [0.2, 0.25) is 0 Å². The Kier molecular flexibility index (Phi) is 2.85. The van der Waals surface area contributed by atoms with Crippen LogP contribution in [-0.4, -0.2) is 16.2 Å². The van der Waals surface area contributed by atoms with Crippen molar-refractivity contribution in [3.8, 4) is 6.07 Å². The van der Waals surface area contributed by atoms with Gasteiger partial charge in [0.1, 0.15) is 0 Å². The molecule has 0 fully saturated rings. The Balaban J connectivity index is 3.41. The molecule has 0 heterocycles. The van der Waals surface area contributed by atoms with E-state index in [0.717, 1.165) is 0 Å². The zero-order valence-electron chi connectivity index (χ0n) is 7.61. The van der Waals surface area contributed by atoms with E-state index in [0.29, 0.717) is 11.1 Å². The molecule has 0 aliphatic rings. The molecule has 0 aliphatic carbocycles. The SMILES string of the molecule is Cc1c(C#N)cc(C(=O)O)cc1CO. The highest BCUT2D eigenvalue weighted by atomic mass is 16.4.